The quantitative estimate of drug-likeness (QED) is 0.438. The lowest BCUT2D eigenvalue weighted by molar-refractivity contribution is -0.117. The Kier molecular flexibility index (Phi) is 4.48. The van der Waals surface area contributed by atoms with Crippen molar-refractivity contribution in [3.63, 3.8) is 0 Å². The summed E-state index contributed by atoms with van der Waals surface area (Å²) >= 11 is 0. The van der Waals surface area contributed by atoms with Crippen molar-refractivity contribution in [1.29, 1.82) is 0 Å². The molecule has 4 rings (SSSR count). The molecule has 0 saturated heterocycles. The molecule has 27 heavy (non-hydrogen) atoms. The summed E-state index contributed by atoms with van der Waals surface area (Å²) in [6.45, 7) is 2.23. The predicted octanol–water partition coefficient (Wildman–Crippen LogP) is 3.55. The van der Waals surface area contributed by atoms with Crippen LogP contribution in [0.5, 0.6) is 0 Å². The van der Waals surface area contributed by atoms with Crippen molar-refractivity contribution in [2.75, 3.05) is 11.9 Å². The standard InChI is InChI=1S/C21H21N5O/c1-13-17(12-24-26-13)18-11-23-20-15(18)8-5-9-19(20)25-21(27)16(10-22)14-6-3-2-4-7-14/h2-9,11-12,16,23H,10,22H2,1H3,(H,24,26)(H,25,27). The van der Waals surface area contributed by atoms with Crippen LogP contribution in [0.2, 0.25) is 0 Å². The molecule has 6 heteroatoms. The summed E-state index contributed by atoms with van der Waals surface area (Å²) in [5.41, 5.74) is 11.5. The maximum Gasteiger partial charge on any atom is 0.233 e. The van der Waals surface area contributed by atoms with E-state index in [-0.39, 0.29) is 12.5 Å². The number of benzene rings is 2. The molecule has 2 aromatic carbocycles. The molecule has 2 heterocycles. The van der Waals surface area contributed by atoms with E-state index < -0.39 is 5.92 Å². The van der Waals surface area contributed by atoms with Crippen molar-refractivity contribution in [3.8, 4) is 11.1 Å². The van der Waals surface area contributed by atoms with Gasteiger partial charge < -0.3 is 16.0 Å². The fourth-order valence-electron chi connectivity index (χ4n) is 3.40. The number of aryl methyl sites for hydroxylation is 1. The molecule has 136 valence electrons. The first kappa shape index (κ1) is 17.1. The molecular formula is C21H21N5O. The van der Waals surface area contributed by atoms with Crippen LogP contribution in [0.25, 0.3) is 22.0 Å². The van der Waals surface area contributed by atoms with Crippen LogP contribution in [-0.2, 0) is 4.79 Å². The number of rotatable bonds is 5. The maximum absolute atomic E-state index is 12.9. The van der Waals surface area contributed by atoms with Crippen LogP contribution >= 0.6 is 0 Å². The fourth-order valence-corrected chi connectivity index (χ4v) is 3.40. The smallest absolute Gasteiger partial charge is 0.233 e. The number of aromatic nitrogens is 3. The zero-order chi connectivity index (χ0) is 18.8. The molecule has 0 aliphatic carbocycles. The number of para-hydroxylation sites is 1. The van der Waals surface area contributed by atoms with Gasteiger partial charge in [-0.05, 0) is 18.6 Å². The Morgan fingerprint density at radius 2 is 1.96 bits per heavy atom. The van der Waals surface area contributed by atoms with Gasteiger partial charge in [-0.25, -0.2) is 0 Å². The Morgan fingerprint density at radius 3 is 2.67 bits per heavy atom. The zero-order valence-corrected chi connectivity index (χ0v) is 15.0. The van der Waals surface area contributed by atoms with Crippen LogP contribution in [0.1, 0.15) is 17.2 Å². The van der Waals surface area contributed by atoms with Gasteiger partial charge in [0.2, 0.25) is 5.91 Å². The molecule has 0 aliphatic rings. The van der Waals surface area contributed by atoms with Crippen molar-refractivity contribution in [3.05, 3.63) is 72.2 Å². The van der Waals surface area contributed by atoms with E-state index in [9.17, 15) is 4.79 Å². The van der Waals surface area contributed by atoms with Crippen molar-refractivity contribution < 1.29 is 4.79 Å². The summed E-state index contributed by atoms with van der Waals surface area (Å²) in [6.07, 6.45) is 3.75. The molecule has 0 fully saturated rings. The summed E-state index contributed by atoms with van der Waals surface area (Å²) in [6, 6.07) is 15.5. The van der Waals surface area contributed by atoms with Gasteiger partial charge in [-0.1, -0.05) is 42.5 Å². The first-order chi connectivity index (χ1) is 13.2. The monoisotopic (exact) mass is 359 g/mol. The SMILES string of the molecule is Cc1[nH]ncc1-c1c[nH]c2c(NC(=O)C(CN)c3ccccc3)cccc12. The second kappa shape index (κ2) is 7.09. The normalized spacial score (nSPS) is 12.2. The van der Waals surface area contributed by atoms with Gasteiger partial charge >= 0.3 is 0 Å². The highest BCUT2D eigenvalue weighted by Crippen LogP contribution is 2.33. The second-order valence-corrected chi connectivity index (χ2v) is 6.53. The number of hydrogen-bond acceptors (Lipinski definition) is 3. The third kappa shape index (κ3) is 3.11. The number of anilines is 1. The number of carbonyl (C=O) groups is 1. The Morgan fingerprint density at radius 1 is 1.15 bits per heavy atom. The van der Waals surface area contributed by atoms with E-state index in [1.807, 2.05) is 67.8 Å². The van der Waals surface area contributed by atoms with Crippen molar-refractivity contribution in [2.24, 2.45) is 5.73 Å². The number of nitrogens with zero attached hydrogens (tertiary/aromatic N) is 1. The molecule has 1 atom stereocenters. The minimum atomic E-state index is -0.396. The first-order valence-corrected chi connectivity index (χ1v) is 8.85. The summed E-state index contributed by atoms with van der Waals surface area (Å²) < 4.78 is 0. The van der Waals surface area contributed by atoms with Crippen LogP contribution in [-0.4, -0.2) is 27.6 Å². The molecule has 0 spiro atoms. The number of nitrogens with two attached hydrogens (primary N) is 1. The molecule has 1 amide bonds. The highest BCUT2D eigenvalue weighted by molar-refractivity contribution is 6.07. The number of carbonyl (C=O) groups excluding carboxylic acids is 1. The number of H-pyrrole nitrogens is 2. The number of nitrogens with one attached hydrogen (secondary N) is 3. The second-order valence-electron chi connectivity index (χ2n) is 6.53. The van der Waals surface area contributed by atoms with Crippen LogP contribution in [0.4, 0.5) is 5.69 Å². The maximum atomic E-state index is 12.9. The largest absolute Gasteiger partial charge is 0.359 e. The molecule has 0 radical (unpaired) electrons. The lowest BCUT2D eigenvalue weighted by atomic mass is 9.98. The van der Waals surface area contributed by atoms with Crippen molar-refractivity contribution in [1.82, 2.24) is 15.2 Å². The van der Waals surface area contributed by atoms with E-state index in [1.165, 1.54) is 0 Å². The third-order valence-corrected chi connectivity index (χ3v) is 4.85. The van der Waals surface area contributed by atoms with Gasteiger partial charge in [0.05, 0.1) is 23.3 Å². The van der Waals surface area contributed by atoms with Gasteiger partial charge in [-0.3, -0.25) is 9.89 Å². The lowest BCUT2D eigenvalue weighted by Gasteiger charge is -2.15. The first-order valence-electron chi connectivity index (χ1n) is 8.85. The van der Waals surface area contributed by atoms with Gasteiger partial charge in [0.25, 0.3) is 0 Å². The highest BCUT2D eigenvalue weighted by atomic mass is 16.1. The summed E-state index contributed by atoms with van der Waals surface area (Å²) in [7, 11) is 0. The molecule has 6 nitrogen and oxygen atoms in total. The van der Waals surface area contributed by atoms with Gasteiger partial charge in [0.1, 0.15) is 0 Å². The Bertz CT molecular complexity index is 1080. The van der Waals surface area contributed by atoms with Gasteiger partial charge in [-0.2, -0.15) is 5.10 Å². The zero-order valence-electron chi connectivity index (χ0n) is 15.0. The minimum Gasteiger partial charge on any atom is -0.359 e. The van der Waals surface area contributed by atoms with E-state index in [2.05, 4.69) is 20.5 Å². The van der Waals surface area contributed by atoms with E-state index in [4.69, 9.17) is 5.73 Å². The number of fused-ring (bicyclic) bond motifs is 1. The average Bonchev–Trinajstić information content (AvgIpc) is 3.29. The highest BCUT2D eigenvalue weighted by Gasteiger charge is 2.20. The Balaban J connectivity index is 1.68. The third-order valence-electron chi connectivity index (χ3n) is 4.85. The van der Waals surface area contributed by atoms with Crippen molar-refractivity contribution >= 4 is 22.5 Å². The molecular weight excluding hydrogens is 338 g/mol. The molecule has 0 saturated carbocycles. The average molecular weight is 359 g/mol. The topological polar surface area (TPSA) is 99.6 Å². The molecule has 5 N–H and O–H groups in total. The van der Waals surface area contributed by atoms with Crippen LogP contribution in [0, 0.1) is 6.92 Å². The molecule has 1 unspecified atom stereocenters. The van der Waals surface area contributed by atoms with E-state index in [0.29, 0.717) is 0 Å². The number of aromatic amines is 2. The number of amides is 1. The van der Waals surface area contributed by atoms with Gasteiger partial charge in [-0.15, -0.1) is 0 Å². The van der Waals surface area contributed by atoms with Crippen LogP contribution < -0.4 is 11.1 Å². The lowest BCUT2D eigenvalue weighted by Crippen LogP contribution is -2.27. The molecule has 2 aromatic heterocycles. The van der Waals surface area contributed by atoms with Crippen LogP contribution in [0.3, 0.4) is 0 Å². The van der Waals surface area contributed by atoms with Crippen LogP contribution in [0.15, 0.2) is 60.9 Å². The fraction of sp³-hybridized carbons (Fsp3) is 0.143. The summed E-state index contributed by atoms with van der Waals surface area (Å²) in [5, 5.41) is 11.1. The van der Waals surface area contributed by atoms with Gasteiger partial charge in [0.15, 0.2) is 0 Å². The molecule has 4 aromatic rings. The van der Waals surface area contributed by atoms with E-state index in [1.54, 1.807) is 0 Å². The Labute approximate surface area is 156 Å². The predicted molar refractivity (Wildman–Crippen MR) is 107 cm³/mol. The van der Waals surface area contributed by atoms with E-state index in [0.717, 1.165) is 39.0 Å². The van der Waals surface area contributed by atoms with Gasteiger partial charge in [0, 0.05) is 34.9 Å². The minimum absolute atomic E-state index is 0.119. The summed E-state index contributed by atoms with van der Waals surface area (Å²) in [5.74, 6) is -0.515. The number of hydrogen-bond donors (Lipinski definition) is 4. The Hall–Kier alpha value is -3.38. The molecule has 0 bridgehead atoms. The molecule has 0 aliphatic heterocycles. The summed E-state index contributed by atoms with van der Waals surface area (Å²) in [4.78, 5) is 16.1. The van der Waals surface area contributed by atoms with Crippen molar-refractivity contribution in [2.45, 2.75) is 12.8 Å². The van der Waals surface area contributed by atoms with E-state index >= 15 is 0 Å².